The number of allylic oxidation sites excluding steroid dienone is 1. The molecule has 0 spiro atoms. The summed E-state index contributed by atoms with van der Waals surface area (Å²) in [5.41, 5.74) is 3.12. The Hall–Kier alpha value is -1.85. The van der Waals surface area contributed by atoms with Crippen LogP contribution in [0, 0.1) is 11.3 Å². The second-order valence-electron chi connectivity index (χ2n) is 10.5. The van der Waals surface area contributed by atoms with Crippen molar-refractivity contribution in [3.63, 3.8) is 0 Å². The van der Waals surface area contributed by atoms with Gasteiger partial charge >= 0.3 is 5.97 Å². The number of aliphatic hydroxyl groups is 1. The van der Waals surface area contributed by atoms with Crippen LogP contribution in [0.3, 0.4) is 0 Å². The lowest BCUT2D eigenvalue weighted by molar-refractivity contribution is -0.138. The SMILES string of the molecule is CC(C)(C)CCc1ccc(C23CCCC(CCO)C2=CN(CCC(=O)O)C(=O)C3)cc1Cl. The van der Waals surface area contributed by atoms with Crippen LogP contribution < -0.4 is 0 Å². The molecule has 0 aromatic heterocycles. The molecule has 3 rings (SSSR count). The average Bonchev–Trinajstić information content (AvgIpc) is 2.71. The summed E-state index contributed by atoms with van der Waals surface area (Å²) in [6, 6.07) is 6.26. The van der Waals surface area contributed by atoms with Crippen molar-refractivity contribution in [2.45, 2.75) is 77.6 Å². The van der Waals surface area contributed by atoms with Crippen LogP contribution in [0.25, 0.3) is 0 Å². The molecule has 32 heavy (non-hydrogen) atoms. The molecule has 1 aromatic carbocycles. The third-order valence-electron chi connectivity index (χ3n) is 7.01. The number of carbonyl (C=O) groups is 2. The van der Waals surface area contributed by atoms with E-state index in [1.54, 1.807) is 4.90 Å². The fraction of sp³-hybridized carbons (Fsp3) is 0.615. The molecule has 1 heterocycles. The Balaban J connectivity index is 1.98. The normalized spacial score (nSPS) is 23.7. The minimum Gasteiger partial charge on any atom is -0.481 e. The molecular weight excluding hydrogens is 426 g/mol. The zero-order valence-electron chi connectivity index (χ0n) is 19.5. The minimum absolute atomic E-state index is 0.0485. The molecule has 176 valence electrons. The monoisotopic (exact) mass is 461 g/mol. The first-order valence-corrected chi connectivity index (χ1v) is 12.1. The number of aliphatic carboxylic acids is 1. The van der Waals surface area contributed by atoms with Crippen molar-refractivity contribution in [2.75, 3.05) is 13.2 Å². The molecular formula is C26H36ClNO4. The maximum absolute atomic E-state index is 13.1. The molecule has 6 heteroatoms. The van der Waals surface area contributed by atoms with Crippen LogP contribution in [0.2, 0.25) is 5.02 Å². The molecule has 2 unspecified atom stereocenters. The van der Waals surface area contributed by atoms with Gasteiger partial charge in [-0.2, -0.15) is 0 Å². The third kappa shape index (κ3) is 5.55. The second kappa shape index (κ2) is 9.96. The average molecular weight is 462 g/mol. The molecule has 1 saturated carbocycles. The summed E-state index contributed by atoms with van der Waals surface area (Å²) < 4.78 is 0. The lowest BCUT2D eigenvalue weighted by Gasteiger charge is -2.48. The predicted octanol–water partition coefficient (Wildman–Crippen LogP) is 5.33. The van der Waals surface area contributed by atoms with Gasteiger partial charge in [0.15, 0.2) is 0 Å². The number of aryl methyl sites for hydroxylation is 1. The molecule has 1 aliphatic heterocycles. The topological polar surface area (TPSA) is 77.8 Å². The van der Waals surface area contributed by atoms with Crippen molar-refractivity contribution < 1.29 is 19.8 Å². The van der Waals surface area contributed by atoms with E-state index in [9.17, 15) is 14.7 Å². The first-order valence-electron chi connectivity index (χ1n) is 11.7. The van der Waals surface area contributed by atoms with Gasteiger partial charge < -0.3 is 15.1 Å². The van der Waals surface area contributed by atoms with Crippen molar-refractivity contribution >= 4 is 23.5 Å². The highest BCUT2D eigenvalue weighted by Crippen LogP contribution is 2.52. The molecule has 0 saturated heterocycles. The summed E-state index contributed by atoms with van der Waals surface area (Å²) in [5, 5.41) is 19.5. The number of carbonyl (C=O) groups excluding carboxylic acids is 1. The van der Waals surface area contributed by atoms with E-state index in [1.807, 2.05) is 12.3 Å². The van der Waals surface area contributed by atoms with Gasteiger partial charge in [0, 0.05) is 36.2 Å². The summed E-state index contributed by atoms with van der Waals surface area (Å²) in [6.45, 7) is 6.93. The van der Waals surface area contributed by atoms with Crippen molar-refractivity contribution in [3.05, 3.63) is 46.1 Å². The number of amides is 1. The van der Waals surface area contributed by atoms with Gasteiger partial charge in [0.25, 0.3) is 0 Å². The van der Waals surface area contributed by atoms with Gasteiger partial charge in [0.1, 0.15) is 0 Å². The number of carboxylic acids is 1. The lowest BCUT2D eigenvalue weighted by atomic mass is 9.59. The van der Waals surface area contributed by atoms with Crippen molar-refractivity contribution in [2.24, 2.45) is 11.3 Å². The van der Waals surface area contributed by atoms with Crippen LogP contribution >= 0.6 is 11.6 Å². The number of aliphatic hydroxyl groups excluding tert-OH is 1. The van der Waals surface area contributed by atoms with Crippen molar-refractivity contribution in [3.8, 4) is 0 Å². The van der Waals surface area contributed by atoms with E-state index in [4.69, 9.17) is 16.7 Å². The van der Waals surface area contributed by atoms with Gasteiger partial charge in [0.05, 0.1) is 6.42 Å². The number of fused-ring (bicyclic) bond motifs is 1. The molecule has 2 atom stereocenters. The maximum atomic E-state index is 13.1. The van der Waals surface area contributed by atoms with E-state index < -0.39 is 11.4 Å². The fourth-order valence-corrected chi connectivity index (χ4v) is 5.47. The summed E-state index contributed by atoms with van der Waals surface area (Å²) in [6.07, 6.45) is 7.52. The smallest absolute Gasteiger partial charge is 0.305 e. The van der Waals surface area contributed by atoms with Gasteiger partial charge in [-0.05, 0) is 66.2 Å². The lowest BCUT2D eigenvalue weighted by Crippen LogP contribution is -2.47. The number of benzene rings is 1. The molecule has 5 nitrogen and oxygen atoms in total. The zero-order chi connectivity index (χ0) is 23.5. The summed E-state index contributed by atoms with van der Waals surface area (Å²) in [7, 11) is 0. The fourth-order valence-electron chi connectivity index (χ4n) is 5.19. The summed E-state index contributed by atoms with van der Waals surface area (Å²) in [4.78, 5) is 25.7. The molecule has 0 radical (unpaired) electrons. The molecule has 1 amide bonds. The Kier molecular flexibility index (Phi) is 7.72. The maximum Gasteiger partial charge on any atom is 0.305 e. The molecule has 0 bridgehead atoms. The molecule has 2 aliphatic rings. The number of hydrogen-bond acceptors (Lipinski definition) is 3. The summed E-state index contributed by atoms with van der Waals surface area (Å²) >= 11 is 6.73. The number of hydrogen-bond donors (Lipinski definition) is 2. The van der Waals surface area contributed by atoms with Crippen LogP contribution in [0.15, 0.2) is 30.0 Å². The number of halogens is 1. The van der Waals surface area contributed by atoms with Gasteiger partial charge in [0.2, 0.25) is 5.91 Å². The van der Waals surface area contributed by atoms with Crippen molar-refractivity contribution in [1.82, 2.24) is 4.90 Å². The van der Waals surface area contributed by atoms with E-state index in [2.05, 4.69) is 32.9 Å². The standard InChI is InChI=1S/C26H36ClNO4/c1-25(2,3)12-8-19-6-7-20(15-22(19)27)26-11-4-5-18(10-14-29)21(26)17-28(23(30)16-26)13-9-24(31)32/h6-7,15,17-18,29H,4-5,8-14,16H2,1-3H3,(H,31,32). The van der Waals surface area contributed by atoms with Gasteiger partial charge in [-0.15, -0.1) is 0 Å². The van der Waals surface area contributed by atoms with Crippen LogP contribution in [-0.2, 0) is 21.4 Å². The zero-order valence-corrected chi connectivity index (χ0v) is 20.2. The van der Waals surface area contributed by atoms with Crippen LogP contribution in [0.1, 0.15) is 76.8 Å². The predicted molar refractivity (Wildman–Crippen MR) is 127 cm³/mol. The van der Waals surface area contributed by atoms with Crippen molar-refractivity contribution in [1.29, 1.82) is 0 Å². The highest BCUT2D eigenvalue weighted by molar-refractivity contribution is 6.31. The Morgan fingerprint density at radius 2 is 2.06 bits per heavy atom. The van der Waals surface area contributed by atoms with E-state index in [1.165, 1.54) is 0 Å². The largest absolute Gasteiger partial charge is 0.481 e. The Morgan fingerprint density at radius 1 is 1.31 bits per heavy atom. The van der Waals surface area contributed by atoms with Gasteiger partial charge in [-0.1, -0.05) is 50.9 Å². The van der Waals surface area contributed by atoms with Gasteiger partial charge in [-0.25, -0.2) is 0 Å². The Labute approximate surface area is 196 Å². The number of rotatable bonds is 8. The molecule has 1 aromatic rings. The second-order valence-corrected chi connectivity index (χ2v) is 10.9. The highest BCUT2D eigenvalue weighted by atomic mass is 35.5. The van der Waals surface area contributed by atoms with Crippen LogP contribution in [0.4, 0.5) is 0 Å². The van der Waals surface area contributed by atoms with Crippen LogP contribution in [0.5, 0.6) is 0 Å². The van der Waals surface area contributed by atoms with E-state index in [-0.39, 0.29) is 36.8 Å². The molecule has 1 aliphatic carbocycles. The summed E-state index contributed by atoms with van der Waals surface area (Å²) in [5.74, 6) is -0.790. The highest BCUT2D eigenvalue weighted by Gasteiger charge is 2.47. The van der Waals surface area contributed by atoms with E-state index >= 15 is 0 Å². The molecule has 2 N–H and O–H groups in total. The Bertz CT molecular complexity index is 886. The first-order chi connectivity index (χ1) is 15.1. The van der Waals surface area contributed by atoms with Gasteiger partial charge in [-0.3, -0.25) is 9.59 Å². The van der Waals surface area contributed by atoms with E-state index in [0.29, 0.717) is 12.8 Å². The quantitative estimate of drug-likeness (QED) is 0.548. The van der Waals surface area contributed by atoms with E-state index in [0.717, 1.165) is 53.8 Å². The first kappa shape index (κ1) is 24.8. The third-order valence-corrected chi connectivity index (χ3v) is 7.36. The number of nitrogens with zero attached hydrogens (tertiary/aromatic N) is 1. The van der Waals surface area contributed by atoms with Crippen LogP contribution in [-0.4, -0.2) is 40.1 Å². The molecule has 1 fully saturated rings. The Morgan fingerprint density at radius 3 is 2.69 bits per heavy atom. The number of carboxylic acid groups (broad SMARTS) is 1. The minimum atomic E-state index is -0.916.